The third-order valence-corrected chi connectivity index (χ3v) is 8.40. The average molecular weight is 529 g/mol. The van der Waals surface area contributed by atoms with Crippen LogP contribution >= 0.6 is 23.2 Å². The lowest BCUT2D eigenvalue weighted by molar-refractivity contribution is -0.141. The Hall–Kier alpha value is -2.77. The van der Waals surface area contributed by atoms with E-state index in [9.17, 15) is 14.4 Å². The second-order valence-corrected chi connectivity index (χ2v) is 10.6. The number of anilines is 1. The van der Waals surface area contributed by atoms with Crippen molar-refractivity contribution in [3.63, 3.8) is 0 Å². The number of amides is 3. The molecular formula is C27H30Cl2N4O3. The van der Waals surface area contributed by atoms with Crippen molar-refractivity contribution < 1.29 is 14.4 Å². The van der Waals surface area contributed by atoms with Crippen molar-refractivity contribution in [2.24, 2.45) is 0 Å². The van der Waals surface area contributed by atoms with E-state index in [1.165, 1.54) is 0 Å². The monoisotopic (exact) mass is 528 g/mol. The maximum Gasteiger partial charge on any atom is 0.253 e. The summed E-state index contributed by atoms with van der Waals surface area (Å²) in [7, 11) is 0. The van der Waals surface area contributed by atoms with Crippen LogP contribution in [0.5, 0.6) is 0 Å². The molecule has 0 bridgehead atoms. The number of halogens is 2. The molecule has 9 heteroatoms. The lowest BCUT2D eigenvalue weighted by Gasteiger charge is -2.43. The molecule has 0 aromatic heterocycles. The van der Waals surface area contributed by atoms with E-state index in [0.29, 0.717) is 48.2 Å². The van der Waals surface area contributed by atoms with Crippen molar-refractivity contribution in [2.75, 3.05) is 44.3 Å². The molecule has 2 aromatic rings. The summed E-state index contributed by atoms with van der Waals surface area (Å²) in [6.45, 7) is 2.85. The Bertz CT molecular complexity index is 1140. The van der Waals surface area contributed by atoms with Crippen molar-refractivity contribution in [1.29, 1.82) is 0 Å². The van der Waals surface area contributed by atoms with E-state index in [-0.39, 0.29) is 24.3 Å². The molecule has 0 saturated carbocycles. The quantitative estimate of drug-likeness (QED) is 0.593. The Morgan fingerprint density at radius 1 is 0.833 bits per heavy atom. The molecule has 3 fully saturated rings. The third kappa shape index (κ3) is 4.66. The van der Waals surface area contributed by atoms with Gasteiger partial charge in [0.15, 0.2) is 0 Å². The number of likely N-dealkylation sites (tertiary alicyclic amines) is 2. The molecule has 0 unspecified atom stereocenters. The molecule has 5 rings (SSSR count). The molecule has 0 atom stereocenters. The third-order valence-electron chi connectivity index (χ3n) is 7.66. The van der Waals surface area contributed by atoms with Gasteiger partial charge in [0.2, 0.25) is 5.91 Å². The molecule has 3 heterocycles. The Kier molecular flexibility index (Phi) is 7.13. The van der Waals surface area contributed by atoms with Gasteiger partial charge in [0.05, 0.1) is 16.7 Å². The highest BCUT2D eigenvalue weighted by Gasteiger charge is 2.54. The fourth-order valence-corrected chi connectivity index (χ4v) is 5.92. The molecular weight excluding hydrogens is 499 g/mol. The first-order valence-corrected chi connectivity index (χ1v) is 13.3. The number of carbonyl (C=O) groups is 3. The van der Waals surface area contributed by atoms with Gasteiger partial charge in [-0.25, -0.2) is 0 Å². The number of benzene rings is 2. The summed E-state index contributed by atoms with van der Waals surface area (Å²) in [6.07, 6.45) is 4.16. The van der Waals surface area contributed by atoms with Gasteiger partial charge < -0.3 is 19.6 Å². The predicted octanol–water partition coefficient (Wildman–Crippen LogP) is 4.29. The average Bonchev–Trinajstić information content (AvgIpc) is 3.17. The minimum absolute atomic E-state index is 0.0142. The number of para-hydroxylation sites is 1. The van der Waals surface area contributed by atoms with Gasteiger partial charge in [-0.2, -0.15) is 0 Å². The zero-order chi connectivity index (χ0) is 25.3. The van der Waals surface area contributed by atoms with Crippen molar-refractivity contribution >= 4 is 46.6 Å². The number of piperidine rings is 2. The zero-order valence-electron chi connectivity index (χ0n) is 20.2. The SMILES string of the molecule is O=C(CN1CN(c2ccccc2)C2(CCN(C(=O)c3ccc(Cl)c(Cl)c3)CC2)C1=O)N1CCCCC1. The summed E-state index contributed by atoms with van der Waals surface area (Å²) in [6, 6.07) is 14.7. The van der Waals surface area contributed by atoms with Gasteiger partial charge in [0, 0.05) is 37.4 Å². The topological polar surface area (TPSA) is 64.2 Å². The first kappa shape index (κ1) is 24.9. The van der Waals surface area contributed by atoms with Crippen LogP contribution in [0.2, 0.25) is 10.0 Å². The zero-order valence-corrected chi connectivity index (χ0v) is 21.7. The Morgan fingerprint density at radius 2 is 1.53 bits per heavy atom. The summed E-state index contributed by atoms with van der Waals surface area (Å²) in [5.41, 5.74) is 0.646. The number of rotatable bonds is 4. The molecule has 2 aromatic carbocycles. The van der Waals surface area contributed by atoms with E-state index >= 15 is 0 Å². The molecule has 7 nitrogen and oxygen atoms in total. The van der Waals surface area contributed by atoms with Crippen LogP contribution in [0.15, 0.2) is 48.5 Å². The fraction of sp³-hybridized carbons (Fsp3) is 0.444. The molecule has 36 heavy (non-hydrogen) atoms. The summed E-state index contributed by atoms with van der Waals surface area (Å²) in [4.78, 5) is 47.5. The van der Waals surface area contributed by atoms with Crippen LogP contribution in [-0.4, -0.2) is 77.4 Å². The minimum Gasteiger partial charge on any atom is -0.341 e. The maximum atomic E-state index is 13.9. The van der Waals surface area contributed by atoms with Crippen LogP contribution in [-0.2, 0) is 9.59 Å². The molecule has 3 saturated heterocycles. The second-order valence-electron chi connectivity index (χ2n) is 9.80. The standard InChI is InChI=1S/C27H30Cl2N4O3/c28-22-10-9-20(17-23(22)29)25(35)31-15-11-27(12-16-31)26(36)32(18-24(34)30-13-5-2-6-14-30)19-33(27)21-7-3-1-4-8-21/h1,3-4,7-10,17H,2,5-6,11-16,18-19H2. The second kappa shape index (κ2) is 10.3. The van der Waals surface area contributed by atoms with E-state index in [0.717, 1.165) is 38.0 Å². The lowest BCUT2D eigenvalue weighted by Crippen LogP contribution is -2.57. The van der Waals surface area contributed by atoms with Crippen molar-refractivity contribution in [1.82, 2.24) is 14.7 Å². The fourth-order valence-electron chi connectivity index (χ4n) is 5.62. The van der Waals surface area contributed by atoms with Gasteiger partial charge in [0.1, 0.15) is 12.1 Å². The number of carbonyl (C=O) groups excluding carboxylic acids is 3. The van der Waals surface area contributed by atoms with Gasteiger partial charge in [0.25, 0.3) is 11.8 Å². The van der Waals surface area contributed by atoms with Crippen LogP contribution < -0.4 is 4.90 Å². The Morgan fingerprint density at radius 3 is 2.19 bits per heavy atom. The van der Waals surface area contributed by atoms with Crippen LogP contribution in [0.4, 0.5) is 5.69 Å². The first-order valence-electron chi connectivity index (χ1n) is 12.5. The Labute approximate surface area is 221 Å². The van der Waals surface area contributed by atoms with Crippen LogP contribution in [0.1, 0.15) is 42.5 Å². The number of hydrogen-bond donors (Lipinski definition) is 0. The van der Waals surface area contributed by atoms with E-state index in [2.05, 4.69) is 4.90 Å². The maximum absolute atomic E-state index is 13.9. The molecule has 0 N–H and O–H groups in total. The molecule has 0 aliphatic carbocycles. The van der Waals surface area contributed by atoms with Crippen molar-refractivity contribution in [2.45, 2.75) is 37.6 Å². The van der Waals surface area contributed by atoms with Gasteiger partial charge in [-0.15, -0.1) is 0 Å². The first-order chi connectivity index (χ1) is 17.4. The van der Waals surface area contributed by atoms with E-state index in [1.54, 1.807) is 28.0 Å². The molecule has 3 amide bonds. The minimum atomic E-state index is -0.780. The van der Waals surface area contributed by atoms with Crippen LogP contribution in [0.3, 0.4) is 0 Å². The summed E-state index contributed by atoms with van der Waals surface area (Å²) in [5, 5.41) is 0.742. The molecule has 3 aliphatic rings. The highest BCUT2D eigenvalue weighted by molar-refractivity contribution is 6.42. The van der Waals surface area contributed by atoms with Gasteiger partial charge in [-0.3, -0.25) is 14.4 Å². The molecule has 190 valence electrons. The van der Waals surface area contributed by atoms with Gasteiger partial charge >= 0.3 is 0 Å². The summed E-state index contributed by atoms with van der Waals surface area (Å²) < 4.78 is 0. The molecule has 3 aliphatic heterocycles. The van der Waals surface area contributed by atoms with E-state index in [4.69, 9.17) is 23.2 Å². The van der Waals surface area contributed by atoms with Crippen LogP contribution in [0.25, 0.3) is 0 Å². The predicted molar refractivity (Wildman–Crippen MR) is 140 cm³/mol. The summed E-state index contributed by atoms with van der Waals surface area (Å²) in [5.74, 6) is -0.143. The van der Waals surface area contributed by atoms with Crippen molar-refractivity contribution in [3.8, 4) is 0 Å². The normalized spacial score (nSPS) is 19.8. The van der Waals surface area contributed by atoms with Gasteiger partial charge in [-0.1, -0.05) is 41.4 Å². The largest absolute Gasteiger partial charge is 0.341 e. The van der Waals surface area contributed by atoms with Gasteiger partial charge in [-0.05, 0) is 62.4 Å². The van der Waals surface area contributed by atoms with E-state index in [1.807, 2.05) is 35.2 Å². The van der Waals surface area contributed by atoms with E-state index < -0.39 is 5.54 Å². The number of nitrogens with zero attached hydrogens (tertiary/aromatic N) is 4. The highest BCUT2D eigenvalue weighted by atomic mass is 35.5. The number of hydrogen-bond acceptors (Lipinski definition) is 4. The Balaban J connectivity index is 1.35. The summed E-state index contributed by atoms with van der Waals surface area (Å²) >= 11 is 12.1. The lowest BCUT2D eigenvalue weighted by atomic mass is 9.85. The van der Waals surface area contributed by atoms with Crippen LogP contribution in [0, 0.1) is 0 Å². The smallest absolute Gasteiger partial charge is 0.253 e. The molecule has 1 spiro atoms. The van der Waals surface area contributed by atoms with Crippen molar-refractivity contribution in [3.05, 3.63) is 64.1 Å². The highest BCUT2D eigenvalue weighted by Crippen LogP contribution is 2.40. The molecule has 0 radical (unpaired) electrons.